The molecule has 0 unspecified atom stereocenters. The van der Waals surface area contributed by atoms with Gasteiger partial charge in [-0.2, -0.15) is 5.10 Å². The van der Waals surface area contributed by atoms with Crippen LogP contribution in [-0.2, 0) is 0 Å². The molecule has 0 aliphatic carbocycles. The van der Waals surface area contributed by atoms with Crippen molar-refractivity contribution < 1.29 is 9.66 Å². The molecule has 6 nitrogen and oxygen atoms in total. The van der Waals surface area contributed by atoms with Gasteiger partial charge in [-0.1, -0.05) is 47.5 Å². The molecule has 150 valence electrons. The Bertz CT molecular complexity index is 1180. The molecule has 0 bridgehead atoms. The summed E-state index contributed by atoms with van der Waals surface area (Å²) in [5.74, 6) is 0.699. The number of nitro groups is 1. The molecule has 0 N–H and O–H groups in total. The number of hydrazone groups is 1. The minimum atomic E-state index is -0.589. The maximum Gasteiger partial charge on any atom is 0.269 e. The highest BCUT2D eigenvalue weighted by Gasteiger charge is 2.41. The predicted molar refractivity (Wildman–Crippen MR) is 115 cm³/mol. The molecule has 2 heterocycles. The number of fused-ring (bicyclic) bond motifs is 3. The molecule has 3 aromatic rings. The molecule has 0 radical (unpaired) electrons. The molecule has 0 amide bonds. The van der Waals surface area contributed by atoms with Crippen molar-refractivity contribution in [3.05, 3.63) is 104 Å². The summed E-state index contributed by atoms with van der Waals surface area (Å²) >= 11 is 12.3. The molecule has 0 fully saturated rings. The summed E-state index contributed by atoms with van der Waals surface area (Å²) in [7, 11) is 0. The fraction of sp³-hybridized carbons (Fsp3) is 0.136. The first-order valence-corrected chi connectivity index (χ1v) is 10.1. The van der Waals surface area contributed by atoms with Gasteiger partial charge in [0.1, 0.15) is 5.75 Å². The summed E-state index contributed by atoms with van der Waals surface area (Å²) in [4.78, 5) is 10.8. The van der Waals surface area contributed by atoms with E-state index in [-0.39, 0.29) is 11.7 Å². The number of hydrogen-bond donors (Lipinski definition) is 0. The molecule has 0 aromatic heterocycles. The maximum atomic E-state index is 11.3. The lowest BCUT2D eigenvalue weighted by Gasteiger charge is -2.38. The van der Waals surface area contributed by atoms with E-state index in [1.165, 1.54) is 12.1 Å². The summed E-state index contributed by atoms with van der Waals surface area (Å²) in [6, 6.07) is 19.4. The third-order valence-electron chi connectivity index (χ3n) is 5.30. The summed E-state index contributed by atoms with van der Waals surface area (Å²) in [6.07, 6.45) is 0.0670. The predicted octanol–water partition coefficient (Wildman–Crippen LogP) is 6.14. The lowest BCUT2D eigenvalue weighted by molar-refractivity contribution is -0.385. The van der Waals surface area contributed by atoms with Crippen LogP contribution in [0.25, 0.3) is 0 Å². The third-order valence-corrected chi connectivity index (χ3v) is 5.78. The van der Waals surface area contributed by atoms with Gasteiger partial charge in [0.2, 0.25) is 6.23 Å². The van der Waals surface area contributed by atoms with Crippen molar-refractivity contribution in [3.8, 4) is 5.75 Å². The maximum absolute atomic E-state index is 11.3. The third kappa shape index (κ3) is 3.28. The number of ether oxygens (including phenoxy) is 1. The van der Waals surface area contributed by atoms with E-state index in [0.717, 1.165) is 16.8 Å². The Hall–Kier alpha value is -3.09. The Labute approximate surface area is 182 Å². The number of nitro benzene ring substituents is 1. The molecule has 2 aliphatic rings. The number of halogens is 2. The molecule has 0 spiro atoms. The molecule has 30 heavy (non-hydrogen) atoms. The van der Waals surface area contributed by atoms with Crippen molar-refractivity contribution in [2.24, 2.45) is 5.10 Å². The number of nitrogens with zero attached hydrogens (tertiary/aromatic N) is 3. The first-order chi connectivity index (χ1) is 14.5. The van der Waals surface area contributed by atoms with Gasteiger partial charge in [0.05, 0.1) is 16.7 Å². The van der Waals surface area contributed by atoms with Crippen LogP contribution in [0.4, 0.5) is 5.69 Å². The van der Waals surface area contributed by atoms with Crippen LogP contribution in [0.3, 0.4) is 0 Å². The zero-order valence-electron chi connectivity index (χ0n) is 15.5. The number of rotatable bonds is 3. The highest BCUT2D eigenvalue weighted by Crippen LogP contribution is 2.48. The Kier molecular flexibility index (Phi) is 4.60. The largest absolute Gasteiger partial charge is 0.464 e. The van der Waals surface area contributed by atoms with Crippen molar-refractivity contribution in [3.63, 3.8) is 0 Å². The quantitative estimate of drug-likeness (QED) is 0.362. The molecule has 2 aliphatic heterocycles. The fourth-order valence-corrected chi connectivity index (χ4v) is 4.19. The van der Waals surface area contributed by atoms with Crippen LogP contribution in [-0.4, -0.2) is 15.6 Å². The van der Waals surface area contributed by atoms with E-state index in [1.54, 1.807) is 12.1 Å². The van der Waals surface area contributed by atoms with Gasteiger partial charge in [0.15, 0.2) is 0 Å². The minimum absolute atomic E-state index is 0.00987. The van der Waals surface area contributed by atoms with Crippen LogP contribution in [0.5, 0.6) is 5.75 Å². The second-order valence-corrected chi connectivity index (χ2v) is 8.03. The summed E-state index contributed by atoms with van der Waals surface area (Å²) in [6.45, 7) is 0. The second kappa shape index (κ2) is 7.31. The molecule has 0 saturated heterocycles. The van der Waals surface area contributed by atoms with Gasteiger partial charge in [-0.25, -0.2) is 5.01 Å². The fourth-order valence-electron chi connectivity index (χ4n) is 3.89. The highest BCUT2D eigenvalue weighted by molar-refractivity contribution is 6.31. The van der Waals surface area contributed by atoms with Gasteiger partial charge < -0.3 is 4.74 Å². The van der Waals surface area contributed by atoms with Crippen molar-refractivity contribution in [2.75, 3.05) is 0 Å². The van der Waals surface area contributed by atoms with Crippen molar-refractivity contribution >= 4 is 34.6 Å². The molecule has 2 atom stereocenters. The van der Waals surface area contributed by atoms with Gasteiger partial charge in [-0.15, -0.1) is 0 Å². The summed E-state index contributed by atoms with van der Waals surface area (Å²) in [5.41, 5.74) is 3.47. The Morgan fingerprint density at radius 2 is 1.80 bits per heavy atom. The highest BCUT2D eigenvalue weighted by atomic mass is 35.5. The standard InChI is InChI=1S/C22H15Cl2N3O3/c23-15-6-4-13(5-7-15)19-12-20-18-11-16(24)8-9-21(18)30-22(26(20)25-19)14-2-1-3-17(10-14)27(28)29/h1-11,20,22H,12H2/t20-,22-/m1/s1. The lowest BCUT2D eigenvalue weighted by atomic mass is 9.96. The molecule has 8 heteroatoms. The van der Waals surface area contributed by atoms with E-state index in [9.17, 15) is 10.1 Å². The smallest absolute Gasteiger partial charge is 0.269 e. The average Bonchev–Trinajstić information content (AvgIpc) is 3.19. The van der Waals surface area contributed by atoms with Crippen LogP contribution in [0.1, 0.15) is 35.4 Å². The minimum Gasteiger partial charge on any atom is -0.464 e. The molecular formula is C22H15Cl2N3O3. The van der Waals surface area contributed by atoms with Crippen molar-refractivity contribution in [2.45, 2.75) is 18.7 Å². The van der Waals surface area contributed by atoms with Crippen LogP contribution >= 0.6 is 23.2 Å². The van der Waals surface area contributed by atoms with E-state index in [1.807, 2.05) is 47.5 Å². The zero-order valence-corrected chi connectivity index (χ0v) is 17.0. The molecular weight excluding hydrogens is 425 g/mol. The normalized spacial score (nSPS) is 19.5. The molecule has 3 aromatic carbocycles. The van der Waals surface area contributed by atoms with Gasteiger partial charge in [-0.05, 0) is 35.9 Å². The van der Waals surface area contributed by atoms with E-state index < -0.39 is 11.2 Å². The van der Waals surface area contributed by atoms with Gasteiger partial charge in [0, 0.05) is 39.7 Å². The van der Waals surface area contributed by atoms with Crippen molar-refractivity contribution in [1.29, 1.82) is 0 Å². The summed E-state index contributed by atoms with van der Waals surface area (Å²) in [5, 5.41) is 19.2. The van der Waals surface area contributed by atoms with Crippen LogP contribution < -0.4 is 4.74 Å². The monoisotopic (exact) mass is 439 g/mol. The van der Waals surface area contributed by atoms with Crippen LogP contribution in [0.15, 0.2) is 71.8 Å². The van der Waals surface area contributed by atoms with Gasteiger partial charge >= 0.3 is 0 Å². The first kappa shape index (κ1) is 18.9. The Morgan fingerprint density at radius 1 is 1.03 bits per heavy atom. The van der Waals surface area contributed by atoms with E-state index in [0.29, 0.717) is 27.8 Å². The summed E-state index contributed by atoms with van der Waals surface area (Å²) < 4.78 is 6.24. The lowest BCUT2D eigenvalue weighted by Crippen LogP contribution is -2.33. The number of hydrogen-bond acceptors (Lipinski definition) is 5. The SMILES string of the molecule is O=[N+]([O-])c1cccc([C@H]2Oc3ccc(Cl)cc3[C@H]3CC(c4ccc(Cl)cc4)=NN32)c1. The van der Waals surface area contributed by atoms with Gasteiger partial charge in [-0.3, -0.25) is 10.1 Å². The van der Waals surface area contributed by atoms with E-state index in [4.69, 9.17) is 33.0 Å². The van der Waals surface area contributed by atoms with E-state index in [2.05, 4.69) is 0 Å². The van der Waals surface area contributed by atoms with Crippen LogP contribution in [0, 0.1) is 10.1 Å². The Morgan fingerprint density at radius 3 is 2.57 bits per heavy atom. The van der Waals surface area contributed by atoms with Gasteiger partial charge in [0.25, 0.3) is 5.69 Å². The average molecular weight is 440 g/mol. The molecule has 0 saturated carbocycles. The first-order valence-electron chi connectivity index (χ1n) is 9.32. The van der Waals surface area contributed by atoms with Crippen LogP contribution in [0.2, 0.25) is 10.0 Å². The second-order valence-electron chi connectivity index (χ2n) is 7.16. The van der Waals surface area contributed by atoms with Crippen molar-refractivity contribution in [1.82, 2.24) is 5.01 Å². The van der Waals surface area contributed by atoms with E-state index >= 15 is 0 Å². The topological polar surface area (TPSA) is 68.0 Å². The Balaban J connectivity index is 1.60. The molecule has 5 rings (SSSR count). The number of benzene rings is 3. The number of non-ortho nitro benzene ring substituents is 1. The zero-order chi connectivity index (χ0) is 20.8.